The molecule has 0 atom stereocenters. The first-order chi connectivity index (χ1) is 10.7. The maximum absolute atomic E-state index is 12.8. The van der Waals surface area contributed by atoms with E-state index in [1.54, 1.807) is 24.3 Å². The zero-order chi connectivity index (χ0) is 17.0. The Labute approximate surface area is 134 Å². The van der Waals surface area contributed by atoms with E-state index in [0.29, 0.717) is 16.8 Å². The Kier molecular flexibility index (Phi) is 4.79. The second-order valence-electron chi connectivity index (χ2n) is 6.24. The van der Waals surface area contributed by atoms with Gasteiger partial charge in [-0.1, -0.05) is 0 Å². The molecule has 0 fully saturated rings. The number of halogens is 1. The van der Waals surface area contributed by atoms with Crippen LogP contribution < -0.4 is 10.6 Å². The van der Waals surface area contributed by atoms with E-state index in [4.69, 9.17) is 0 Å². The number of carbonyl (C=O) groups excluding carboxylic acids is 2. The Balaban J connectivity index is 2.05. The van der Waals surface area contributed by atoms with Crippen molar-refractivity contribution < 1.29 is 14.0 Å². The van der Waals surface area contributed by atoms with Crippen LogP contribution in [-0.2, 0) is 0 Å². The van der Waals surface area contributed by atoms with Crippen molar-refractivity contribution in [1.29, 1.82) is 0 Å². The lowest BCUT2D eigenvalue weighted by Gasteiger charge is -2.20. The van der Waals surface area contributed by atoms with E-state index in [1.807, 2.05) is 20.8 Å². The van der Waals surface area contributed by atoms with Gasteiger partial charge < -0.3 is 10.6 Å². The third-order valence-electron chi connectivity index (χ3n) is 3.00. The van der Waals surface area contributed by atoms with Crippen LogP contribution in [0.25, 0.3) is 0 Å². The Morgan fingerprint density at radius 1 is 0.826 bits per heavy atom. The summed E-state index contributed by atoms with van der Waals surface area (Å²) in [6.07, 6.45) is 0. The molecule has 0 radical (unpaired) electrons. The molecule has 23 heavy (non-hydrogen) atoms. The number of benzene rings is 2. The number of hydrogen-bond donors (Lipinski definition) is 2. The Morgan fingerprint density at radius 3 is 1.78 bits per heavy atom. The van der Waals surface area contributed by atoms with Crippen molar-refractivity contribution in [2.24, 2.45) is 0 Å². The van der Waals surface area contributed by atoms with Crippen LogP contribution in [0.3, 0.4) is 0 Å². The molecule has 0 unspecified atom stereocenters. The SMILES string of the molecule is CC(C)(C)NC(=O)c1ccc(C(=O)Nc2ccc(F)cc2)cc1. The van der Waals surface area contributed by atoms with Gasteiger partial charge in [0.15, 0.2) is 0 Å². The highest BCUT2D eigenvalue weighted by Gasteiger charge is 2.15. The van der Waals surface area contributed by atoms with Crippen LogP contribution in [0.2, 0.25) is 0 Å². The average Bonchev–Trinajstić information content (AvgIpc) is 2.48. The van der Waals surface area contributed by atoms with E-state index < -0.39 is 0 Å². The fraction of sp³-hybridized carbons (Fsp3) is 0.222. The van der Waals surface area contributed by atoms with Crippen LogP contribution in [0.15, 0.2) is 48.5 Å². The number of anilines is 1. The van der Waals surface area contributed by atoms with E-state index in [-0.39, 0.29) is 23.2 Å². The van der Waals surface area contributed by atoms with Crippen LogP contribution in [0.5, 0.6) is 0 Å². The molecule has 120 valence electrons. The predicted molar refractivity (Wildman–Crippen MR) is 88.0 cm³/mol. The molecule has 2 N–H and O–H groups in total. The maximum atomic E-state index is 12.8. The second kappa shape index (κ2) is 6.60. The van der Waals surface area contributed by atoms with Gasteiger partial charge in [-0.15, -0.1) is 0 Å². The van der Waals surface area contributed by atoms with E-state index in [9.17, 15) is 14.0 Å². The Hall–Kier alpha value is -2.69. The highest BCUT2D eigenvalue weighted by Crippen LogP contribution is 2.12. The summed E-state index contributed by atoms with van der Waals surface area (Å²) in [5, 5.41) is 5.52. The monoisotopic (exact) mass is 314 g/mol. The molecule has 0 saturated carbocycles. The van der Waals surface area contributed by atoms with Gasteiger partial charge >= 0.3 is 0 Å². The molecule has 0 aromatic heterocycles. The molecule has 0 saturated heterocycles. The van der Waals surface area contributed by atoms with Crippen LogP contribution in [-0.4, -0.2) is 17.4 Å². The van der Waals surface area contributed by atoms with Gasteiger partial charge in [-0.3, -0.25) is 9.59 Å². The number of carbonyl (C=O) groups is 2. The summed E-state index contributed by atoms with van der Waals surface area (Å²) in [4.78, 5) is 24.1. The van der Waals surface area contributed by atoms with Crippen LogP contribution in [0.4, 0.5) is 10.1 Å². The summed E-state index contributed by atoms with van der Waals surface area (Å²) in [5.41, 5.74) is 1.08. The van der Waals surface area contributed by atoms with Gasteiger partial charge in [-0.25, -0.2) is 4.39 Å². The van der Waals surface area contributed by atoms with Crippen molar-refractivity contribution in [1.82, 2.24) is 5.32 Å². The highest BCUT2D eigenvalue weighted by atomic mass is 19.1. The zero-order valence-corrected chi connectivity index (χ0v) is 13.3. The van der Waals surface area contributed by atoms with Gasteiger partial charge in [0.1, 0.15) is 5.82 Å². The molecule has 2 aromatic carbocycles. The van der Waals surface area contributed by atoms with Gasteiger partial charge in [0.2, 0.25) is 0 Å². The largest absolute Gasteiger partial charge is 0.347 e. The first-order valence-electron chi connectivity index (χ1n) is 7.24. The summed E-state index contributed by atoms with van der Waals surface area (Å²) < 4.78 is 12.8. The lowest BCUT2D eigenvalue weighted by molar-refractivity contribution is 0.0918. The van der Waals surface area contributed by atoms with Crippen LogP contribution in [0.1, 0.15) is 41.5 Å². The normalized spacial score (nSPS) is 11.0. The minimum absolute atomic E-state index is 0.192. The first kappa shape index (κ1) is 16.7. The molecule has 0 spiro atoms. The molecule has 2 amide bonds. The minimum atomic E-state index is -0.364. The molecule has 4 nitrogen and oxygen atoms in total. The molecular weight excluding hydrogens is 295 g/mol. The minimum Gasteiger partial charge on any atom is -0.347 e. The quantitative estimate of drug-likeness (QED) is 0.909. The lowest BCUT2D eigenvalue weighted by Crippen LogP contribution is -2.40. The lowest BCUT2D eigenvalue weighted by atomic mass is 10.1. The molecule has 0 aliphatic carbocycles. The van der Waals surface area contributed by atoms with Crippen LogP contribution in [0, 0.1) is 5.82 Å². The summed E-state index contributed by atoms with van der Waals surface area (Å²) >= 11 is 0. The zero-order valence-electron chi connectivity index (χ0n) is 13.3. The standard InChI is InChI=1S/C18H19FN2O2/c1-18(2,3)21-17(23)13-6-4-12(5-7-13)16(22)20-15-10-8-14(19)9-11-15/h4-11H,1-3H3,(H,20,22)(H,21,23). The van der Waals surface area contributed by atoms with Crippen molar-refractivity contribution >= 4 is 17.5 Å². The molecule has 0 aliphatic heterocycles. The Morgan fingerprint density at radius 2 is 1.30 bits per heavy atom. The molecule has 2 aromatic rings. The fourth-order valence-electron chi connectivity index (χ4n) is 1.92. The maximum Gasteiger partial charge on any atom is 0.255 e. The van der Waals surface area contributed by atoms with Gasteiger partial charge in [0.05, 0.1) is 0 Å². The molecule has 5 heteroatoms. The van der Waals surface area contributed by atoms with E-state index >= 15 is 0 Å². The van der Waals surface area contributed by atoms with E-state index in [0.717, 1.165) is 0 Å². The van der Waals surface area contributed by atoms with Gasteiger partial charge in [0, 0.05) is 22.4 Å². The van der Waals surface area contributed by atoms with Gasteiger partial charge in [0.25, 0.3) is 11.8 Å². The van der Waals surface area contributed by atoms with Crippen LogP contribution >= 0.6 is 0 Å². The van der Waals surface area contributed by atoms with Crippen molar-refractivity contribution in [2.75, 3.05) is 5.32 Å². The van der Waals surface area contributed by atoms with Crippen molar-refractivity contribution in [2.45, 2.75) is 26.3 Å². The molecular formula is C18H19FN2O2. The smallest absolute Gasteiger partial charge is 0.255 e. The van der Waals surface area contributed by atoms with Crippen molar-refractivity contribution in [3.8, 4) is 0 Å². The number of rotatable bonds is 3. The summed E-state index contributed by atoms with van der Waals surface area (Å²) in [6, 6.07) is 11.9. The number of nitrogens with one attached hydrogen (secondary N) is 2. The molecule has 0 heterocycles. The van der Waals surface area contributed by atoms with Crippen molar-refractivity contribution in [3.63, 3.8) is 0 Å². The first-order valence-corrected chi connectivity index (χ1v) is 7.24. The molecule has 2 rings (SSSR count). The van der Waals surface area contributed by atoms with E-state index in [1.165, 1.54) is 24.3 Å². The van der Waals surface area contributed by atoms with Gasteiger partial charge in [-0.05, 0) is 69.3 Å². The highest BCUT2D eigenvalue weighted by molar-refractivity contribution is 6.05. The predicted octanol–water partition coefficient (Wildman–Crippen LogP) is 3.61. The fourth-order valence-corrected chi connectivity index (χ4v) is 1.92. The number of amides is 2. The van der Waals surface area contributed by atoms with Gasteiger partial charge in [-0.2, -0.15) is 0 Å². The second-order valence-corrected chi connectivity index (χ2v) is 6.24. The Bertz CT molecular complexity index is 701. The molecule has 0 aliphatic rings. The third kappa shape index (κ3) is 4.92. The summed E-state index contributed by atoms with van der Waals surface area (Å²) in [5.74, 6) is -0.875. The molecule has 0 bridgehead atoms. The van der Waals surface area contributed by atoms with E-state index in [2.05, 4.69) is 10.6 Å². The topological polar surface area (TPSA) is 58.2 Å². The number of hydrogen-bond acceptors (Lipinski definition) is 2. The summed E-state index contributed by atoms with van der Waals surface area (Å²) in [6.45, 7) is 5.69. The van der Waals surface area contributed by atoms with Crippen molar-refractivity contribution in [3.05, 3.63) is 65.5 Å². The summed E-state index contributed by atoms with van der Waals surface area (Å²) in [7, 11) is 0. The average molecular weight is 314 g/mol. The third-order valence-corrected chi connectivity index (χ3v) is 3.00.